The molecule has 2 aromatic rings. The number of anilines is 2. The first-order valence-electron chi connectivity index (χ1n) is 5.39. The number of rotatable bonds is 2. The highest BCUT2D eigenvalue weighted by molar-refractivity contribution is 5.63. The molecule has 0 aromatic heterocycles. The van der Waals surface area contributed by atoms with Crippen molar-refractivity contribution in [1.82, 2.24) is 0 Å². The number of alkyl halides is 2. The Morgan fingerprint density at radius 2 is 1.16 bits per heavy atom. The molecule has 4 nitrogen and oxygen atoms in total. The summed E-state index contributed by atoms with van der Waals surface area (Å²) in [6, 6.07) is 7.26. The minimum Gasteiger partial charge on any atom is -0.505 e. The molecule has 100 valence electrons. The summed E-state index contributed by atoms with van der Waals surface area (Å²) in [6.45, 7) is 0. The van der Waals surface area contributed by atoms with Gasteiger partial charge in [0.25, 0.3) is 0 Å². The van der Waals surface area contributed by atoms with Crippen LogP contribution in [0.25, 0.3) is 0 Å². The maximum Gasteiger partial charge on any atom is 0.305 e. The Morgan fingerprint density at radius 3 is 1.53 bits per heavy atom. The van der Waals surface area contributed by atoms with Crippen molar-refractivity contribution in [2.24, 2.45) is 0 Å². The second kappa shape index (κ2) is 4.31. The van der Waals surface area contributed by atoms with Crippen LogP contribution in [0.3, 0.4) is 0 Å². The first-order valence-corrected chi connectivity index (χ1v) is 5.39. The molecule has 0 amide bonds. The molecule has 0 aliphatic rings. The smallest absolute Gasteiger partial charge is 0.305 e. The van der Waals surface area contributed by atoms with E-state index < -0.39 is 28.5 Å². The first-order chi connectivity index (χ1) is 8.85. The predicted octanol–water partition coefficient (Wildman–Crippen LogP) is 2.40. The second-order valence-corrected chi connectivity index (χ2v) is 4.06. The van der Waals surface area contributed by atoms with Gasteiger partial charge in [0, 0.05) is 0 Å². The van der Waals surface area contributed by atoms with Gasteiger partial charge < -0.3 is 21.7 Å². The van der Waals surface area contributed by atoms with E-state index in [1.54, 1.807) is 0 Å². The normalized spacial score (nSPS) is 11.5. The topological polar surface area (TPSA) is 92.5 Å². The van der Waals surface area contributed by atoms with E-state index in [0.717, 1.165) is 12.1 Å². The van der Waals surface area contributed by atoms with E-state index in [2.05, 4.69) is 0 Å². The maximum absolute atomic E-state index is 14.3. The second-order valence-electron chi connectivity index (χ2n) is 4.06. The molecule has 0 aliphatic carbocycles. The van der Waals surface area contributed by atoms with Crippen LogP contribution in [-0.2, 0) is 5.92 Å². The number of halogens is 2. The van der Waals surface area contributed by atoms with Crippen molar-refractivity contribution >= 4 is 11.4 Å². The van der Waals surface area contributed by atoms with E-state index in [4.69, 9.17) is 11.5 Å². The SMILES string of the molecule is Nc1cccc(C(F)(F)c2cccc(N)c2O)c1O. The molecule has 0 spiro atoms. The standard InChI is InChI=1S/C13H12F2N2O2/c14-13(15,7-3-1-5-9(16)11(7)18)8-4-2-6-10(17)12(8)19/h1-6,18-19H,16-17H2. The molecular formula is C13H12F2N2O2. The van der Waals surface area contributed by atoms with Crippen LogP contribution in [0, 0.1) is 0 Å². The van der Waals surface area contributed by atoms with Gasteiger partial charge in [-0.3, -0.25) is 0 Å². The van der Waals surface area contributed by atoms with Crippen molar-refractivity contribution in [2.75, 3.05) is 11.5 Å². The molecule has 0 fully saturated rings. The number of hydrogen-bond donors (Lipinski definition) is 4. The average molecular weight is 266 g/mol. The van der Waals surface area contributed by atoms with Crippen LogP contribution in [0.4, 0.5) is 20.2 Å². The lowest BCUT2D eigenvalue weighted by atomic mass is 9.97. The first kappa shape index (κ1) is 12.9. The number of benzene rings is 2. The molecule has 6 N–H and O–H groups in total. The van der Waals surface area contributed by atoms with Crippen LogP contribution in [-0.4, -0.2) is 10.2 Å². The third-order valence-corrected chi connectivity index (χ3v) is 2.81. The van der Waals surface area contributed by atoms with E-state index >= 15 is 0 Å². The Kier molecular flexibility index (Phi) is 2.94. The summed E-state index contributed by atoms with van der Waals surface area (Å²) in [5.41, 5.74) is 9.08. The molecule has 2 aromatic carbocycles. The molecule has 2 rings (SSSR count). The molecule has 0 saturated carbocycles. The Balaban J connectivity index is 2.65. The van der Waals surface area contributed by atoms with Crippen molar-refractivity contribution in [2.45, 2.75) is 5.92 Å². The van der Waals surface area contributed by atoms with E-state index in [9.17, 15) is 19.0 Å². The molecule has 0 aliphatic heterocycles. The Morgan fingerprint density at radius 1 is 0.789 bits per heavy atom. The van der Waals surface area contributed by atoms with Gasteiger partial charge in [0.15, 0.2) is 0 Å². The summed E-state index contributed by atoms with van der Waals surface area (Å²) in [6.07, 6.45) is 0. The summed E-state index contributed by atoms with van der Waals surface area (Å²) >= 11 is 0. The van der Waals surface area contributed by atoms with Crippen molar-refractivity contribution in [3.8, 4) is 11.5 Å². The van der Waals surface area contributed by atoms with Crippen LogP contribution in [0.5, 0.6) is 11.5 Å². The summed E-state index contributed by atoms with van der Waals surface area (Å²) in [7, 11) is 0. The zero-order valence-corrected chi connectivity index (χ0v) is 9.77. The Labute approximate surface area is 107 Å². The molecule has 19 heavy (non-hydrogen) atoms. The highest BCUT2D eigenvalue weighted by atomic mass is 19.3. The van der Waals surface area contributed by atoms with Gasteiger partial charge in [-0.15, -0.1) is 0 Å². The van der Waals surface area contributed by atoms with Gasteiger partial charge in [0.2, 0.25) is 0 Å². The Bertz CT molecular complexity index is 577. The highest BCUT2D eigenvalue weighted by Crippen LogP contribution is 2.46. The minimum absolute atomic E-state index is 0.166. The largest absolute Gasteiger partial charge is 0.505 e. The summed E-state index contributed by atoms with van der Waals surface area (Å²) in [5, 5.41) is 19.3. The zero-order chi connectivity index (χ0) is 14.2. The number of phenols is 2. The quantitative estimate of drug-likeness (QED) is 0.496. The molecule has 0 heterocycles. The third kappa shape index (κ3) is 2.01. The fraction of sp³-hybridized carbons (Fsp3) is 0.0769. The Hall–Kier alpha value is -2.50. The lowest BCUT2D eigenvalue weighted by Crippen LogP contribution is -2.16. The number of nitrogen functional groups attached to an aromatic ring is 2. The lowest BCUT2D eigenvalue weighted by Gasteiger charge is -2.20. The van der Waals surface area contributed by atoms with Crippen molar-refractivity contribution in [3.05, 3.63) is 47.5 Å². The lowest BCUT2D eigenvalue weighted by molar-refractivity contribution is 0.0380. The number of nitrogens with two attached hydrogens (primary N) is 2. The van der Waals surface area contributed by atoms with Gasteiger partial charge in [0.1, 0.15) is 11.5 Å². The minimum atomic E-state index is -3.61. The number of para-hydroxylation sites is 2. The molecule has 6 heteroatoms. The van der Waals surface area contributed by atoms with E-state index in [1.165, 1.54) is 24.3 Å². The molecule has 0 radical (unpaired) electrons. The van der Waals surface area contributed by atoms with Crippen LogP contribution in [0.2, 0.25) is 0 Å². The number of phenolic OH excluding ortho intramolecular Hbond substituents is 2. The summed E-state index contributed by atoms with van der Waals surface area (Å²) < 4.78 is 28.7. The van der Waals surface area contributed by atoms with Gasteiger partial charge in [0.05, 0.1) is 22.5 Å². The van der Waals surface area contributed by atoms with Gasteiger partial charge in [-0.05, 0) is 24.3 Å². The molecule has 0 atom stereocenters. The van der Waals surface area contributed by atoms with E-state index in [0.29, 0.717) is 0 Å². The molecular weight excluding hydrogens is 254 g/mol. The van der Waals surface area contributed by atoms with Crippen LogP contribution < -0.4 is 11.5 Å². The number of hydrogen-bond acceptors (Lipinski definition) is 4. The highest BCUT2D eigenvalue weighted by Gasteiger charge is 2.39. The monoisotopic (exact) mass is 266 g/mol. The van der Waals surface area contributed by atoms with Crippen molar-refractivity contribution < 1.29 is 19.0 Å². The van der Waals surface area contributed by atoms with Gasteiger partial charge >= 0.3 is 5.92 Å². The molecule has 0 bridgehead atoms. The van der Waals surface area contributed by atoms with Crippen LogP contribution in [0.15, 0.2) is 36.4 Å². The number of aromatic hydroxyl groups is 2. The average Bonchev–Trinajstić information content (AvgIpc) is 2.35. The molecule has 0 saturated heterocycles. The fourth-order valence-corrected chi connectivity index (χ4v) is 1.77. The third-order valence-electron chi connectivity index (χ3n) is 2.81. The zero-order valence-electron chi connectivity index (χ0n) is 9.77. The van der Waals surface area contributed by atoms with E-state index in [1.807, 2.05) is 0 Å². The van der Waals surface area contributed by atoms with Crippen molar-refractivity contribution in [1.29, 1.82) is 0 Å². The van der Waals surface area contributed by atoms with Gasteiger partial charge in [-0.25, -0.2) is 0 Å². The van der Waals surface area contributed by atoms with Gasteiger partial charge in [-0.2, -0.15) is 8.78 Å². The fourth-order valence-electron chi connectivity index (χ4n) is 1.77. The summed E-state index contributed by atoms with van der Waals surface area (Å²) in [4.78, 5) is 0. The van der Waals surface area contributed by atoms with Crippen LogP contribution >= 0.6 is 0 Å². The van der Waals surface area contributed by atoms with Crippen molar-refractivity contribution in [3.63, 3.8) is 0 Å². The summed E-state index contributed by atoms with van der Waals surface area (Å²) in [5.74, 6) is -5.04. The maximum atomic E-state index is 14.3. The van der Waals surface area contributed by atoms with Gasteiger partial charge in [-0.1, -0.05) is 12.1 Å². The van der Waals surface area contributed by atoms with E-state index in [-0.39, 0.29) is 11.4 Å². The predicted molar refractivity (Wildman–Crippen MR) is 68.0 cm³/mol. The molecule has 0 unspecified atom stereocenters. The van der Waals surface area contributed by atoms with Crippen LogP contribution in [0.1, 0.15) is 11.1 Å².